The number of aromatic nitrogens is 1. The van der Waals surface area contributed by atoms with E-state index in [9.17, 15) is 0 Å². The van der Waals surface area contributed by atoms with E-state index in [1.807, 2.05) is 24.3 Å². The Labute approximate surface area is 110 Å². The molecular weight excluding hydrogens is 250 g/mol. The van der Waals surface area contributed by atoms with E-state index in [-0.39, 0.29) is 0 Å². The van der Waals surface area contributed by atoms with Crippen LogP contribution in [0.4, 0.5) is 0 Å². The number of ether oxygens (including phenoxy) is 2. The molecule has 0 spiro atoms. The lowest BCUT2D eigenvalue weighted by molar-refractivity contribution is 0.291. The molecule has 0 fully saturated rings. The molecule has 1 aliphatic rings. The van der Waals surface area contributed by atoms with Gasteiger partial charge in [0.1, 0.15) is 18.1 Å². The van der Waals surface area contributed by atoms with Crippen molar-refractivity contribution in [3.05, 3.63) is 52.8 Å². The molecule has 0 amide bonds. The lowest BCUT2D eigenvalue weighted by Gasteiger charge is -2.10. The molecule has 1 aliphatic heterocycles. The Morgan fingerprint density at radius 1 is 1.39 bits per heavy atom. The summed E-state index contributed by atoms with van der Waals surface area (Å²) >= 11 is 6.09. The van der Waals surface area contributed by atoms with E-state index in [4.69, 9.17) is 21.1 Å². The fourth-order valence-electron chi connectivity index (χ4n) is 2.05. The van der Waals surface area contributed by atoms with Crippen molar-refractivity contribution in [1.29, 1.82) is 0 Å². The predicted molar refractivity (Wildman–Crippen MR) is 69.2 cm³/mol. The SMILES string of the molecule is Clc1cc2c(c(COc3cccnc3)c1)OCC2. The summed E-state index contributed by atoms with van der Waals surface area (Å²) in [5.41, 5.74) is 2.14. The van der Waals surface area contributed by atoms with Gasteiger partial charge in [-0.25, -0.2) is 0 Å². The Morgan fingerprint density at radius 3 is 3.17 bits per heavy atom. The summed E-state index contributed by atoms with van der Waals surface area (Å²) in [6.45, 7) is 1.16. The number of pyridine rings is 1. The maximum atomic E-state index is 6.09. The van der Waals surface area contributed by atoms with Gasteiger partial charge in [0.15, 0.2) is 0 Å². The van der Waals surface area contributed by atoms with Crippen molar-refractivity contribution >= 4 is 11.6 Å². The number of nitrogens with zero attached hydrogens (tertiary/aromatic N) is 1. The minimum absolute atomic E-state index is 0.439. The Hall–Kier alpha value is -1.74. The van der Waals surface area contributed by atoms with Crippen LogP contribution in [0.1, 0.15) is 11.1 Å². The van der Waals surface area contributed by atoms with Gasteiger partial charge in [-0.15, -0.1) is 0 Å². The van der Waals surface area contributed by atoms with Crippen molar-refractivity contribution in [3.8, 4) is 11.5 Å². The minimum Gasteiger partial charge on any atom is -0.493 e. The average molecular weight is 262 g/mol. The number of fused-ring (bicyclic) bond motifs is 1. The third-order valence-corrected chi connectivity index (χ3v) is 3.07. The maximum absolute atomic E-state index is 6.09. The Balaban J connectivity index is 1.81. The van der Waals surface area contributed by atoms with Crippen molar-refractivity contribution in [1.82, 2.24) is 4.98 Å². The summed E-state index contributed by atoms with van der Waals surface area (Å²) in [5, 5.41) is 0.726. The van der Waals surface area contributed by atoms with E-state index in [0.29, 0.717) is 6.61 Å². The maximum Gasteiger partial charge on any atom is 0.138 e. The number of hydrogen-bond acceptors (Lipinski definition) is 3. The van der Waals surface area contributed by atoms with Crippen LogP contribution in [0, 0.1) is 0 Å². The van der Waals surface area contributed by atoms with Crippen molar-refractivity contribution in [2.75, 3.05) is 6.61 Å². The zero-order valence-corrected chi connectivity index (χ0v) is 10.5. The highest BCUT2D eigenvalue weighted by molar-refractivity contribution is 6.30. The molecule has 18 heavy (non-hydrogen) atoms. The molecule has 3 nitrogen and oxygen atoms in total. The predicted octanol–water partition coefficient (Wildman–Crippen LogP) is 3.25. The normalized spacial score (nSPS) is 12.9. The van der Waals surface area contributed by atoms with Crippen LogP contribution in [0.5, 0.6) is 11.5 Å². The van der Waals surface area contributed by atoms with Crippen molar-refractivity contribution in [3.63, 3.8) is 0 Å². The zero-order valence-electron chi connectivity index (χ0n) is 9.73. The quantitative estimate of drug-likeness (QED) is 0.850. The van der Waals surface area contributed by atoms with Gasteiger partial charge in [0.2, 0.25) is 0 Å². The van der Waals surface area contributed by atoms with Crippen molar-refractivity contribution in [2.24, 2.45) is 0 Å². The van der Waals surface area contributed by atoms with Gasteiger partial charge < -0.3 is 9.47 Å². The van der Waals surface area contributed by atoms with Crippen molar-refractivity contribution in [2.45, 2.75) is 13.0 Å². The first-order chi connectivity index (χ1) is 8.83. The highest BCUT2D eigenvalue weighted by Gasteiger charge is 2.17. The van der Waals surface area contributed by atoms with Crippen LogP contribution in [0.25, 0.3) is 0 Å². The van der Waals surface area contributed by atoms with Gasteiger partial charge in [0, 0.05) is 23.2 Å². The summed E-state index contributed by atoms with van der Waals surface area (Å²) in [4.78, 5) is 4.00. The zero-order chi connectivity index (χ0) is 12.4. The molecule has 0 saturated carbocycles. The number of hydrogen-bond donors (Lipinski definition) is 0. The minimum atomic E-state index is 0.439. The summed E-state index contributed by atoms with van der Waals surface area (Å²) in [6.07, 6.45) is 4.31. The van der Waals surface area contributed by atoms with Gasteiger partial charge in [-0.1, -0.05) is 11.6 Å². The molecule has 0 unspecified atom stereocenters. The Kier molecular flexibility index (Phi) is 3.07. The van der Waals surface area contributed by atoms with Gasteiger partial charge >= 0.3 is 0 Å². The molecule has 2 aromatic rings. The van der Waals surface area contributed by atoms with Crippen LogP contribution < -0.4 is 9.47 Å². The van der Waals surface area contributed by atoms with E-state index in [1.165, 1.54) is 0 Å². The monoisotopic (exact) mass is 261 g/mol. The fourth-order valence-corrected chi connectivity index (χ4v) is 2.31. The smallest absolute Gasteiger partial charge is 0.138 e. The van der Waals surface area contributed by atoms with Gasteiger partial charge in [-0.2, -0.15) is 0 Å². The van der Waals surface area contributed by atoms with Gasteiger partial charge in [-0.05, 0) is 29.8 Å². The third kappa shape index (κ3) is 2.27. The molecule has 3 rings (SSSR count). The first-order valence-electron chi connectivity index (χ1n) is 5.80. The molecule has 1 aromatic carbocycles. The van der Waals surface area contributed by atoms with Gasteiger partial charge in [-0.3, -0.25) is 4.98 Å². The van der Waals surface area contributed by atoms with Crippen LogP contribution in [-0.4, -0.2) is 11.6 Å². The number of halogens is 1. The topological polar surface area (TPSA) is 31.4 Å². The van der Waals surface area contributed by atoms with E-state index in [0.717, 1.165) is 40.7 Å². The van der Waals surface area contributed by atoms with E-state index in [2.05, 4.69) is 4.98 Å². The summed E-state index contributed by atoms with van der Waals surface area (Å²) < 4.78 is 11.3. The second-order valence-electron chi connectivity index (χ2n) is 4.13. The highest BCUT2D eigenvalue weighted by Crippen LogP contribution is 2.33. The third-order valence-electron chi connectivity index (χ3n) is 2.85. The molecule has 0 N–H and O–H groups in total. The Bertz CT molecular complexity index is 557. The molecule has 0 radical (unpaired) electrons. The van der Waals surface area contributed by atoms with Crippen LogP contribution in [0.3, 0.4) is 0 Å². The molecular formula is C14H12ClNO2. The molecule has 0 bridgehead atoms. The van der Waals surface area contributed by atoms with E-state index in [1.54, 1.807) is 12.4 Å². The second-order valence-corrected chi connectivity index (χ2v) is 4.57. The molecule has 4 heteroatoms. The molecule has 0 saturated heterocycles. The first-order valence-corrected chi connectivity index (χ1v) is 6.17. The van der Waals surface area contributed by atoms with Crippen LogP contribution in [0.15, 0.2) is 36.7 Å². The second kappa shape index (κ2) is 4.86. The largest absolute Gasteiger partial charge is 0.493 e. The van der Waals surface area contributed by atoms with Crippen LogP contribution >= 0.6 is 11.6 Å². The summed E-state index contributed by atoms with van der Waals surface area (Å²) in [6, 6.07) is 7.56. The molecule has 2 heterocycles. The van der Waals surface area contributed by atoms with Crippen molar-refractivity contribution < 1.29 is 9.47 Å². The van der Waals surface area contributed by atoms with Crippen LogP contribution in [-0.2, 0) is 13.0 Å². The fraction of sp³-hybridized carbons (Fsp3) is 0.214. The molecule has 1 aromatic heterocycles. The van der Waals surface area contributed by atoms with Gasteiger partial charge in [0.25, 0.3) is 0 Å². The number of rotatable bonds is 3. The average Bonchev–Trinajstić information content (AvgIpc) is 2.85. The lowest BCUT2D eigenvalue weighted by atomic mass is 10.1. The summed E-state index contributed by atoms with van der Waals surface area (Å²) in [7, 11) is 0. The first kappa shape index (κ1) is 11.4. The molecule has 0 atom stereocenters. The summed E-state index contributed by atoms with van der Waals surface area (Å²) in [5.74, 6) is 1.66. The Morgan fingerprint density at radius 2 is 2.33 bits per heavy atom. The lowest BCUT2D eigenvalue weighted by Crippen LogP contribution is -1.98. The van der Waals surface area contributed by atoms with Crippen LogP contribution in [0.2, 0.25) is 5.02 Å². The number of benzene rings is 1. The van der Waals surface area contributed by atoms with Gasteiger partial charge in [0.05, 0.1) is 12.8 Å². The molecule has 0 aliphatic carbocycles. The highest BCUT2D eigenvalue weighted by atomic mass is 35.5. The molecule has 92 valence electrons. The van der Waals surface area contributed by atoms with E-state index < -0.39 is 0 Å². The standard InChI is InChI=1S/C14H12ClNO2/c15-12-6-10-3-5-17-14(10)11(7-12)9-18-13-2-1-4-16-8-13/h1-2,4,6-8H,3,5,9H2. The van der Waals surface area contributed by atoms with E-state index >= 15 is 0 Å².